The summed E-state index contributed by atoms with van der Waals surface area (Å²) in [6.45, 7) is 14.3. The summed E-state index contributed by atoms with van der Waals surface area (Å²) in [4.78, 5) is 13.2. The normalized spacial score (nSPS) is 47.2. The van der Waals surface area contributed by atoms with Crippen LogP contribution in [0.2, 0.25) is 0 Å². The van der Waals surface area contributed by atoms with Crippen molar-refractivity contribution < 1.29 is 9.18 Å². The summed E-state index contributed by atoms with van der Waals surface area (Å²) in [6, 6.07) is 0. The smallest absolute Gasteiger partial charge is 0.136 e. The Hall–Kier alpha value is -0.660. The number of Topliss-reactive ketones (excluding diaryl/α,β-unsaturated/α-hetero) is 1. The van der Waals surface area contributed by atoms with E-state index in [-0.39, 0.29) is 11.3 Å². The number of hydrogen-bond donors (Lipinski definition) is 0. The van der Waals surface area contributed by atoms with Crippen LogP contribution in [0.15, 0.2) is 12.2 Å². The Morgan fingerprint density at radius 2 is 1.68 bits per heavy atom. The predicted octanol–water partition coefficient (Wildman–Crippen LogP) is 8.04. The molecule has 0 amide bonds. The van der Waals surface area contributed by atoms with Gasteiger partial charge in [-0.2, -0.15) is 0 Å². The number of hydrogen-bond acceptors (Lipinski definition) is 1. The topological polar surface area (TPSA) is 17.1 Å². The minimum atomic E-state index is -0.756. The van der Waals surface area contributed by atoms with Crippen molar-refractivity contribution >= 4 is 5.78 Å². The quantitative estimate of drug-likeness (QED) is 0.403. The summed E-state index contributed by atoms with van der Waals surface area (Å²) in [7, 11) is 0. The van der Waals surface area contributed by atoms with Gasteiger partial charge in [0.2, 0.25) is 0 Å². The lowest BCUT2D eigenvalue weighted by atomic mass is 9.44. The Balaban J connectivity index is 1.53. The van der Waals surface area contributed by atoms with Gasteiger partial charge in [0.15, 0.2) is 0 Å². The van der Waals surface area contributed by atoms with E-state index in [1.807, 2.05) is 0 Å². The number of halogens is 1. The van der Waals surface area contributed by atoms with Gasteiger partial charge >= 0.3 is 0 Å². The minimum absolute atomic E-state index is 0.0112. The fourth-order valence-electron chi connectivity index (χ4n) is 9.18. The molecule has 1 nitrogen and oxygen atoms in total. The molecule has 0 aromatic rings. The molecule has 4 rings (SSSR count). The zero-order chi connectivity index (χ0) is 22.6. The van der Waals surface area contributed by atoms with Gasteiger partial charge in [-0.15, -0.1) is 0 Å². The van der Waals surface area contributed by atoms with Crippen molar-refractivity contribution in [3.05, 3.63) is 12.2 Å². The van der Waals surface area contributed by atoms with E-state index in [0.717, 1.165) is 18.8 Å². The molecule has 0 aliphatic heterocycles. The maximum atomic E-state index is 14.2. The summed E-state index contributed by atoms with van der Waals surface area (Å²) in [5.74, 6) is 4.99. The Labute approximate surface area is 191 Å². The van der Waals surface area contributed by atoms with Crippen LogP contribution < -0.4 is 0 Å². The maximum absolute atomic E-state index is 14.2. The van der Waals surface area contributed by atoms with Crippen LogP contribution in [-0.4, -0.2) is 12.0 Å². The van der Waals surface area contributed by atoms with Crippen molar-refractivity contribution in [2.45, 2.75) is 106 Å². The molecule has 10 atom stereocenters. The summed E-state index contributed by atoms with van der Waals surface area (Å²) in [5, 5.41) is 0. The average molecular weight is 431 g/mol. The van der Waals surface area contributed by atoms with Crippen molar-refractivity contribution in [1.29, 1.82) is 0 Å². The first kappa shape index (κ1) is 23.5. The summed E-state index contributed by atoms with van der Waals surface area (Å²) >= 11 is 0. The van der Waals surface area contributed by atoms with Crippen LogP contribution in [0.3, 0.4) is 0 Å². The molecular formula is C29H47FO. The molecule has 0 N–H and O–H groups in total. The van der Waals surface area contributed by atoms with Crippen LogP contribution in [-0.2, 0) is 4.79 Å². The summed E-state index contributed by atoms with van der Waals surface area (Å²) in [6.07, 6.45) is 13.5. The van der Waals surface area contributed by atoms with Gasteiger partial charge in [0.1, 0.15) is 12.0 Å². The molecule has 0 radical (unpaired) electrons. The zero-order valence-electron chi connectivity index (χ0n) is 21.0. The zero-order valence-corrected chi connectivity index (χ0v) is 21.0. The van der Waals surface area contributed by atoms with Crippen LogP contribution in [0.4, 0.5) is 4.39 Å². The standard InChI is InChI=1S/C29H47FO/c1-7-20(18(2)3)9-8-19(4)23-10-11-24-22-17-27(31)26-16-21(30)12-14-29(26,6)25(22)13-15-28(23,24)5/h8-9,18-26H,7,10-17H2,1-6H3/b9-8+/t19-,20-,21-,22+,23-,24+,25+,26-,28-,29-/m1/s1. The van der Waals surface area contributed by atoms with Gasteiger partial charge in [-0.3, -0.25) is 4.79 Å². The van der Waals surface area contributed by atoms with Crippen LogP contribution >= 0.6 is 0 Å². The molecule has 4 aliphatic rings. The van der Waals surface area contributed by atoms with Crippen molar-refractivity contribution in [3.63, 3.8) is 0 Å². The number of fused-ring (bicyclic) bond motifs is 5. The molecule has 0 saturated heterocycles. The molecule has 176 valence electrons. The van der Waals surface area contributed by atoms with Crippen LogP contribution in [0, 0.1) is 58.2 Å². The van der Waals surface area contributed by atoms with Crippen LogP contribution in [0.5, 0.6) is 0 Å². The second-order valence-electron chi connectivity index (χ2n) is 12.8. The van der Waals surface area contributed by atoms with Gasteiger partial charge in [-0.25, -0.2) is 4.39 Å². The molecule has 0 unspecified atom stereocenters. The highest BCUT2D eigenvalue weighted by atomic mass is 19.1. The van der Waals surface area contributed by atoms with Gasteiger partial charge < -0.3 is 0 Å². The van der Waals surface area contributed by atoms with E-state index in [4.69, 9.17) is 0 Å². The summed E-state index contributed by atoms with van der Waals surface area (Å²) in [5.41, 5.74) is 0.421. The monoisotopic (exact) mass is 430 g/mol. The molecule has 4 aliphatic carbocycles. The third-order valence-electron chi connectivity index (χ3n) is 11.1. The van der Waals surface area contributed by atoms with E-state index in [2.05, 4.69) is 53.7 Å². The SMILES string of the molecule is CC[C@H](/C=C/[C@@H](C)[C@H]1CC[C@H]2[C@@H]3CC(=O)[C@H]4C[C@H](F)CC[C@]4(C)[C@H]3CC[C@]12C)C(C)C. The van der Waals surface area contributed by atoms with Crippen LogP contribution in [0.1, 0.15) is 99.3 Å². The number of rotatable bonds is 5. The fraction of sp³-hybridized carbons (Fsp3) is 0.897. The predicted molar refractivity (Wildman–Crippen MR) is 127 cm³/mol. The first-order valence-corrected chi connectivity index (χ1v) is 13.5. The highest BCUT2D eigenvalue weighted by molar-refractivity contribution is 5.83. The van der Waals surface area contributed by atoms with E-state index in [1.54, 1.807) is 0 Å². The Kier molecular flexibility index (Phi) is 6.52. The Morgan fingerprint density at radius 3 is 2.35 bits per heavy atom. The lowest BCUT2D eigenvalue weighted by molar-refractivity contribution is -0.157. The largest absolute Gasteiger partial charge is 0.299 e. The third-order valence-corrected chi connectivity index (χ3v) is 11.1. The van der Waals surface area contributed by atoms with Crippen molar-refractivity contribution in [2.24, 2.45) is 58.2 Å². The van der Waals surface area contributed by atoms with Crippen LogP contribution in [0.25, 0.3) is 0 Å². The molecule has 31 heavy (non-hydrogen) atoms. The number of carbonyl (C=O) groups excluding carboxylic acids is 1. The third kappa shape index (κ3) is 3.86. The van der Waals surface area contributed by atoms with Gasteiger partial charge in [0.05, 0.1) is 0 Å². The van der Waals surface area contributed by atoms with E-state index in [9.17, 15) is 9.18 Å². The molecule has 0 heterocycles. The second-order valence-corrected chi connectivity index (χ2v) is 12.8. The molecule has 4 fully saturated rings. The Morgan fingerprint density at radius 1 is 1.00 bits per heavy atom. The number of alkyl halides is 1. The van der Waals surface area contributed by atoms with E-state index < -0.39 is 6.17 Å². The molecular weight excluding hydrogens is 383 g/mol. The van der Waals surface area contributed by atoms with Crippen molar-refractivity contribution in [2.75, 3.05) is 0 Å². The molecule has 4 saturated carbocycles. The van der Waals surface area contributed by atoms with Gasteiger partial charge in [0.25, 0.3) is 0 Å². The second kappa shape index (κ2) is 8.60. The lowest BCUT2D eigenvalue weighted by Crippen LogP contribution is -2.56. The average Bonchev–Trinajstić information content (AvgIpc) is 3.07. The van der Waals surface area contributed by atoms with Crippen molar-refractivity contribution in [3.8, 4) is 0 Å². The fourth-order valence-corrected chi connectivity index (χ4v) is 9.18. The number of ketones is 1. The van der Waals surface area contributed by atoms with Gasteiger partial charge in [-0.1, -0.05) is 53.7 Å². The lowest BCUT2D eigenvalue weighted by Gasteiger charge is -2.60. The van der Waals surface area contributed by atoms with Gasteiger partial charge in [0, 0.05) is 12.3 Å². The maximum Gasteiger partial charge on any atom is 0.136 e. The first-order chi connectivity index (χ1) is 14.6. The Bertz CT molecular complexity index is 697. The van der Waals surface area contributed by atoms with Crippen molar-refractivity contribution in [1.82, 2.24) is 0 Å². The summed E-state index contributed by atoms with van der Waals surface area (Å²) < 4.78 is 14.2. The molecule has 2 heteroatoms. The van der Waals surface area contributed by atoms with E-state index in [0.29, 0.717) is 59.5 Å². The van der Waals surface area contributed by atoms with Gasteiger partial charge in [-0.05, 0) is 104 Å². The highest BCUT2D eigenvalue weighted by Crippen LogP contribution is 2.67. The van der Waals surface area contributed by atoms with E-state index >= 15 is 0 Å². The number of allylic oxidation sites excluding steroid dienone is 2. The van der Waals surface area contributed by atoms with E-state index in [1.165, 1.54) is 32.1 Å². The minimum Gasteiger partial charge on any atom is -0.299 e. The number of carbonyl (C=O) groups is 1. The molecule has 0 aromatic carbocycles. The molecule has 0 aromatic heterocycles. The first-order valence-electron chi connectivity index (χ1n) is 13.5. The molecule has 0 bridgehead atoms. The highest BCUT2D eigenvalue weighted by Gasteiger charge is 2.62. The molecule has 0 spiro atoms.